The average molecular weight is 296 g/mol. The lowest BCUT2D eigenvalue weighted by Crippen LogP contribution is -2.37. The van der Waals surface area contributed by atoms with E-state index in [9.17, 15) is 19.3 Å². The van der Waals surface area contributed by atoms with E-state index in [1.54, 1.807) is 4.90 Å². The van der Waals surface area contributed by atoms with E-state index in [2.05, 4.69) is 0 Å². The number of carbonyl (C=O) groups is 1. The second-order valence-electron chi connectivity index (χ2n) is 5.28. The van der Waals surface area contributed by atoms with E-state index in [0.717, 1.165) is 37.8 Å². The molecule has 1 aromatic rings. The first-order valence-electron chi connectivity index (χ1n) is 6.86. The van der Waals surface area contributed by atoms with Crippen LogP contribution in [0.3, 0.4) is 0 Å². The molecule has 6 nitrogen and oxygen atoms in total. The summed E-state index contributed by atoms with van der Waals surface area (Å²) in [6.07, 6.45) is 4.00. The molecule has 21 heavy (non-hydrogen) atoms. The molecule has 0 heterocycles. The summed E-state index contributed by atoms with van der Waals surface area (Å²) in [7, 11) is 0. The Kier molecular flexibility index (Phi) is 4.85. The van der Waals surface area contributed by atoms with E-state index in [1.807, 2.05) is 0 Å². The van der Waals surface area contributed by atoms with Gasteiger partial charge in [-0.25, -0.2) is 0 Å². The number of rotatable bonds is 6. The van der Waals surface area contributed by atoms with E-state index in [1.165, 1.54) is 6.07 Å². The van der Waals surface area contributed by atoms with Crippen LogP contribution in [0, 0.1) is 15.9 Å². The van der Waals surface area contributed by atoms with E-state index < -0.39 is 22.4 Å². The van der Waals surface area contributed by atoms with Crippen LogP contribution in [0.15, 0.2) is 18.2 Å². The highest BCUT2D eigenvalue weighted by atomic mass is 19.1. The Morgan fingerprint density at radius 2 is 2.10 bits per heavy atom. The molecule has 0 radical (unpaired) electrons. The maximum absolute atomic E-state index is 13.6. The lowest BCUT2D eigenvalue weighted by Gasteiger charge is -2.27. The van der Waals surface area contributed by atoms with Crippen LogP contribution in [0.4, 0.5) is 10.1 Å². The Bertz CT molecular complexity index is 544. The van der Waals surface area contributed by atoms with E-state index in [4.69, 9.17) is 5.11 Å². The molecule has 0 atom stereocenters. The first-order valence-corrected chi connectivity index (χ1v) is 6.86. The van der Waals surface area contributed by atoms with Crippen molar-refractivity contribution in [1.82, 2.24) is 4.90 Å². The monoisotopic (exact) mass is 296 g/mol. The summed E-state index contributed by atoms with van der Waals surface area (Å²) in [5, 5.41) is 19.6. The minimum Gasteiger partial charge on any atom is -0.480 e. The fourth-order valence-corrected chi connectivity index (χ4v) is 2.79. The number of halogens is 1. The number of nitrogens with zero attached hydrogens (tertiary/aromatic N) is 2. The summed E-state index contributed by atoms with van der Waals surface area (Å²) in [6, 6.07) is 3.89. The maximum Gasteiger partial charge on any atom is 0.317 e. The third-order valence-electron chi connectivity index (χ3n) is 3.77. The molecule has 0 amide bonds. The zero-order valence-electron chi connectivity index (χ0n) is 11.5. The molecule has 1 saturated carbocycles. The van der Waals surface area contributed by atoms with Crippen molar-refractivity contribution in [3.8, 4) is 0 Å². The minimum absolute atomic E-state index is 0.108. The Morgan fingerprint density at radius 1 is 1.43 bits per heavy atom. The van der Waals surface area contributed by atoms with Crippen LogP contribution in [0.2, 0.25) is 0 Å². The summed E-state index contributed by atoms with van der Waals surface area (Å²) in [5.74, 6) is -1.82. The number of hydrogen-bond donors (Lipinski definition) is 1. The van der Waals surface area contributed by atoms with Gasteiger partial charge in [-0.05, 0) is 24.5 Å². The van der Waals surface area contributed by atoms with Crippen molar-refractivity contribution >= 4 is 11.7 Å². The molecule has 2 rings (SSSR count). The van der Waals surface area contributed by atoms with Crippen molar-refractivity contribution < 1.29 is 19.2 Å². The largest absolute Gasteiger partial charge is 0.480 e. The quantitative estimate of drug-likeness (QED) is 0.644. The third-order valence-corrected chi connectivity index (χ3v) is 3.77. The molecule has 0 aromatic heterocycles. The zero-order valence-corrected chi connectivity index (χ0v) is 11.5. The number of nitro benzene ring substituents is 1. The number of carboxylic acids is 1. The van der Waals surface area contributed by atoms with Gasteiger partial charge in [0.1, 0.15) is 0 Å². The fraction of sp³-hybridized carbons (Fsp3) is 0.500. The maximum atomic E-state index is 13.6. The molecule has 0 bridgehead atoms. The molecule has 0 aliphatic heterocycles. The number of carboxylic acid groups (broad SMARTS) is 1. The summed E-state index contributed by atoms with van der Waals surface area (Å²) in [4.78, 5) is 22.6. The van der Waals surface area contributed by atoms with Crippen LogP contribution in [-0.2, 0) is 11.3 Å². The van der Waals surface area contributed by atoms with E-state index in [-0.39, 0.29) is 19.1 Å². The number of hydrogen-bond acceptors (Lipinski definition) is 4. The fourth-order valence-electron chi connectivity index (χ4n) is 2.79. The third kappa shape index (κ3) is 3.98. The summed E-state index contributed by atoms with van der Waals surface area (Å²) in [5.41, 5.74) is -0.0179. The molecular weight excluding hydrogens is 279 g/mol. The van der Waals surface area contributed by atoms with Gasteiger partial charge in [0.05, 0.1) is 11.5 Å². The van der Waals surface area contributed by atoms with Gasteiger partial charge in [0.15, 0.2) is 0 Å². The first kappa shape index (κ1) is 15.4. The Hall–Kier alpha value is -2.02. The summed E-state index contributed by atoms with van der Waals surface area (Å²) in [6.45, 7) is 0.176. The van der Waals surface area contributed by atoms with Crippen molar-refractivity contribution in [2.45, 2.75) is 38.3 Å². The molecular formula is C14H17FN2O4. The second kappa shape index (κ2) is 6.62. The molecule has 1 N–H and O–H groups in total. The van der Waals surface area contributed by atoms with Crippen LogP contribution in [0.1, 0.15) is 31.2 Å². The number of nitro groups is 1. The van der Waals surface area contributed by atoms with Crippen LogP contribution in [-0.4, -0.2) is 33.5 Å². The van der Waals surface area contributed by atoms with Gasteiger partial charge in [0.2, 0.25) is 5.82 Å². The molecule has 0 saturated heterocycles. The van der Waals surface area contributed by atoms with Crippen LogP contribution in [0.25, 0.3) is 0 Å². The highest BCUT2D eigenvalue weighted by Gasteiger charge is 2.25. The van der Waals surface area contributed by atoms with Gasteiger partial charge in [-0.2, -0.15) is 4.39 Å². The Labute approximate surface area is 121 Å². The highest BCUT2D eigenvalue weighted by molar-refractivity contribution is 5.69. The summed E-state index contributed by atoms with van der Waals surface area (Å²) >= 11 is 0. The molecule has 1 aromatic carbocycles. The van der Waals surface area contributed by atoms with Crippen molar-refractivity contribution in [2.24, 2.45) is 0 Å². The van der Waals surface area contributed by atoms with Gasteiger partial charge < -0.3 is 5.11 Å². The number of aliphatic carboxylic acids is 1. The van der Waals surface area contributed by atoms with Crippen LogP contribution >= 0.6 is 0 Å². The minimum atomic E-state index is -0.927. The topological polar surface area (TPSA) is 83.7 Å². The van der Waals surface area contributed by atoms with Crippen molar-refractivity contribution in [1.29, 1.82) is 0 Å². The lowest BCUT2D eigenvalue weighted by molar-refractivity contribution is -0.387. The predicted molar refractivity (Wildman–Crippen MR) is 73.4 cm³/mol. The summed E-state index contributed by atoms with van der Waals surface area (Å²) < 4.78 is 13.6. The first-order chi connectivity index (χ1) is 9.97. The van der Waals surface area contributed by atoms with Crippen molar-refractivity contribution in [3.63, 3.8) is 0 Å². The molecule has 1 aliphatic rings. The Balaban J connectivity index is 2.13. The number of benzene rings is 1. The zero-order chi connectivity index (χ0) is 15.4. The SMILES string of the molecule is O=C(O)CN(Cc1ccc([N+](=O)[O-])c(F)c1)C1CCCC1. The van der Waals surface area contributed by atoms with E-state index in [0.29, 0.717) is 5.56 Å². The molecule has 1 aliphatic carbocycles. The average Bonchev–Trinajstić information content (AvgIpc) is 2.90. The normalized spacial score (nSPS) is 15.5. The van der Waals surface area contributed by atoms with Crippen LogP contribution < -0.4 is 0 Å². The van der Waals surface area contributed by atoms with Crippen LogP contribution in [0.5, 0.6) is 0 Å². The Morgan fingerprint density at radius 3 is 2.62 bits per heavy atom. The molecule has 7 heteroatoms. The van der Waals surface area contributed by atoms with Gasteiger partial charge in [-0.3, -0.25) is 19.8 Å². The van der Waals surface area contributed by atoms with Crippen molar-refractivity contribution in [3.05, 3.63) is 39.7 Å². The van der Waals surface area contributed by atoms with E-state index >= 15 is 0 Å². The van der Waals surface area contributed by atoms with Crippen molar-refractivity contribution in [2.75, 3.05) is 6.54 Å². The smallest absolute Gasteiger partial charge is 0.317 e. The van der Waals surface area contributed by atoms with Gasteiger partial charge in [0, 0.05) is 18.7 Å². The van der Waals surface area contributed by atoms with Gasteiger partial charge in [-0.1, -0.05) is 18.9 Å². The second-order valence-corrected chi connectivity index (χ2v) is 5.28. The standard InChI is InChI=1S/C14H17FN2O4/c15-12-7-10(5-6-13(12)17(20)21)8-16(9-14(18)19)11-3-1-2-4-11/h5-7,11H,1-4,8-9H2,(H,18,19). The predicted octanol–water partition coefficient (Wildman–Crippen LogP) is 2.56. The van der Waals surface area contributed by atoms with Gasteiger partial charge >= 0.3 is 11.7 Å². The van der Waals surface area contributed by atoms with Gasteiger partial charge in [-0.15, -0.1) is 0 Å². The highest BCUT2D eigenvalue weighted by Crippen LogP contribution is 2.26. The molecule has 0 spiro atoms. The van der Waals surface area contributed by atoms with Gasteiger partial charge in [0.25, 0.3) is 0 Å². The molecule has 0 unspecified atom stereocenters. The molecule has 1 fully saturated rings. The molecule has 114 valence electrons. The lowest BCUT2D eigenvalue weighted by atomic mass is 10.1.